The molecule has 0 radical (unpaired) electrons. The smallest absolute Gasteiger partial charge is 0.171 e. The Balaban J connectivity index is 1.34. The van der Waals surface area contributed by atoms with E-state index in [-0.39, 0.29) is 5.54 Å². The first kappa shape index (κ1) is 18.0. The molecule has 7 nitrogen and oxygen atoms in total. The maximum absolute atomic E-state index is 4.44. The fourth-order valence-corrected chi connectivity index (χ4v) is 4.55. The summed E-state index contributed by atoms with van der Waals surface area (Å²) in [6.45, 7) is 1.53. The van der Waals surface area contributed by atoms with Gasteiger partial charge in [0.15, 0.2) is 5.82 Å². The topological polar surface area (TPSA) is 84.3 Å². The predicted octanol–water partition coefficient (Wildman–Crippen LogP) is 3.20. The molecule has 0 amide bonds. The minimum atomic E-state index is -0.155. The van der Waals surface area contributed by atoms with Gasteiger partial charge in [-0.1, -0.05) is 37.1 Å². The molecule has 1 aliphatic rings. The Morgan fingerprint density at radius 1 is 1.10 bits per heavy atom. The highest BCUT2D eigenvalue weighted by atomic mass is 15.5. The third kappa shape index (κ3) is 3.53. The third-order valence-electron chi connectivity index (χ3n) is 6.00. The molecule has 0 atom stereocenters. The van der Waals surface area contributed by atoms with Gasteiger partial charge in [-0.2, -0.15) is 0 Å². The van der Waals surface area contributed by atoms with E-state index in [0.717, 1.165) is 37.2 Å². The monoisotopic (exact) mass is 387 g/mol. The zero-order chi connectivity index (χ0) is 19.5. The minimum absolute atomic E-state index is 0.155. The molecule has 2 N–H and O–H groups in total. The van der Waals surface area contributed by atoms with Gasteiger partial charge >= 0.3 is 0 Å². The number of tetrazole rings is 1. The zero-order valence-corrected chi connectivity index (χ0v) is 16.4. The van der Waals surface area contributed by atoms with Crippen molar-refractivity contribution in [3.05, 3.63) is 71.9 Å². The van der Waals surface area contributed by atoms with E-state index < -0.39 is 0 Å². The molecule has 5 rings (SSSR count). The lowest BCUT2D eigenvalue weighted by molar-refractivity contribution is 0.308. The van der Waals surface area contributed by atoms with Crippen LogP contribution in [0.2, 0.25) is 0 Å². The van der Waals surface area contributed by atoms with Crippen molar-refractivity contribution in [3.63, 3.8) is 0 Å². The average molecular weight is 387 g/mol. The quantitative estimate of drug-likeness (QED) is 0.509. The highest BCUT2D eigenvalue weighted by molar-refractivity contribution is 5.83. The summed E-state index contributed by atoms with van der Waals surface area (Å²) in [5.41, 5.74) is 3.49. The first-order chi connectivity index (χ1) is 14.3. The summed E-state index contributed by atoms with van der Waals surface area (Å²) in [4.78, 5) is 7.58. The normalized spacial score (nSPS) is 15.9. The number of para-hydroxylation sites is 1. The molecule has 0 unspecified atom stereocenters. The fraction of sp³-hybridized carbons (Fsp3) is 0.364. The van der Waals surface area contributed by atoms with Crippen LogP contribution in [0.25, 0.3) is 10.9 Å². The molecule has 4 aromatic rings. The molecule has 148 valence electrons. The van der Waals surface area contributed by atoms with Gasteiger partial charge in [-0.25, -0.2) is 4.68 Å². The number of hydrogen-bond donors (Lipinski definition) is 2. The number of hydrogen-bond acceptors (Lipinski definition) is 5. The number of aromatic amines is 1. The number of aromatic nitrogens is 6. The second-order valence-corrected chi connectivity index (χ2v) is 7.85. The summed E-state index contributed by atoms with van der Waals surface area (Å²) >= 11 is 0. The van der Waals surface area contributed by atoms with Crippen LogP contribution in [-0.2, 0) is 18.5 Å². The van der Waals surface area contributed by atoms with Crippen LogP contribution in [0.5, 0.6) is 0 Å². The van der Waals surface area contributed by atoms with E-state index in [4.69, 9.17) is 0 Å². The molecule has 0 saturated heterocycles. The number of benzene rings is 1. The van der Waals surface area contributed by atoms with Crippen LogP contribution in [0, 0.1) is 0 Å². The van der Waals surface area contributed by atoms with Crippen molar-refractivity contribution < 1.29 is 0 Å². The van der Waals surface area contributed by atoms with Crippen molar-refractivity contribution in [2.24, 2.45) is 0 Å². The van der Waals surface area contributed by atoms with Crippen molar-refractivity contribution in [1.29, 1.82) is 0 Å². The van der Waals surface area contributed by atoms with Crippen LogP contribution in [0.15, 0.2) is 55.0 Å². The lowest BCUT2D eigenvalue weighted by atomic mass is 9.95. The number of pyridine rings is 1. The van der Waals surface area contributed by atoms with Gasteiger partial charge in [0.05, 0.1) is 12.1 Å². The van der Waals surface area contributed by atoms with E-state index in [1.807, 2.05) is 16.9 Å². The van der Waals surface area contributed by atoms with Crippen molar-refractivity contribution in [2.75, 3.05) is 6.54 Å². The molecule has 1 fully saturated rings. The summed E-state index contributed by atoms with van der Waals surface area (Å²) in [7, 11) is 0. The number of nitrogens with zero attached hydrogens (tertiary/aromatic N) is 5. The Kier molecular flexibility index (Phi) is 4.81. The minimum Gasteiger partial charge on any atom is -0.361 e. The van der Waals surface area contributed by atoms with Crippen LogP contribution in [-0.4, -0.2) is 36.7 Å². The second kappa shape index (κ2) is 7.75. The second-order valence-electron chi connectivity index (χ2n) is 7.85. The average Bonchev–Trinajstić information content (AvgIpc) is 3.50. The van der Waals surface area contributed by atoms with E-state index in [0.29, 0.717) is 6.54 Å². The number of H-pyrrole nitrogens is 1. The highest BCUT2D eigenvalue weighted by Gasteiger charge is 2.39. The molecule has 3 aromatic heterocycles. The summed E-state index contributed by atoms with van der Waals surface area (Å²) in [6.07, 6.45) is 11.3. The number of rotatable bonds is 7. The number of nitrogens with one attached hydrogen (secondary N) is 2. The summed E-state index contributed by atoms with van der Waals surface area (Å²) in [6, 6.07) is 12.5. The van der Waals surface area contributed by atoms with E-state index >= 15 is 0 Å². The summed E-state index contributed by atoms with van der Waals surface area (Å²) in [5, 5.41) is 17.9. The molecular formula is C22H25N7. The van der Waals surface area contributed by atoms with Crippen LogP contribution < -0.4 is 5.32 Å². The van der Waals surface area contributed by atoms with Gasteiger partial charge in [0.1, 0.15) is 0 Å². The van der Waals surface area contributed by atoms with E-state index in [1.165, 1.54) is 29.3 Å². The van der Waals surface area contributed by atoms with E-state index in [9.17, 15) is 0 Å². The third-order valence-corrected chi connectivity index (χ3v) is 6.00. The molecule has 0 bridgehead atoms. The Morgan fingerprint density at radius 3 is 2.86 bits per heavy atom. The fourth-order valence-electron chi connectivity index (χ4n) is 4.55. The maximum Gasteiger partial charge on any atom is 0.171 e. The van der Waals surface area contributed by atoms with Crippen molar-refractivity contribution in [3.8, 4) is 0 Å². The van der Waals surface area contributed by atoms with Crippen molar-refractivity contribution in [2.45, 2.75) is 44.2 Å². The Bertz CT molecular complexity index is 1080. The van der Waals surface area contributed by atoms with Gasteiger partial charge in [0.2, 0.25) is 0 Å². The summed E-state index contributed by atoms with van der Waals surface area (Å²) < 4.78 is 1.93. The lowest BCUT2D eigenvalue weighted by Gasteiger charge is -2.29. The van der Waals surface area contributed by atoms with E-state index in [1.54, 1.807) is 6.20 Å². The van der Waals surface area contributed by atoms with Crippen LogP contribution in [0.4, 0.5) is 0 Å². The van der Waals surface area contributed by atoms with Crippen molar-refractivity contribution in [1.82, 2.24) is 35.5 Å². The van der Waals surface area contributed by atoms with Gasteiger partial charge in [0, 0.05) is 36.0 Å². The SMILES string of the molecule is c1cncc(Cn2nnnc2C2(NCCc3c[nH]c4ccccc34)CCCC2)c1. The molecule has 29 heavy (non-hydrogen) atoms. The standard InChI is InChI=1S/C22H25N7/c1-2-8-20-19(7-1)18(15-24-20)9-13-25-22(10-3-4-11-22)21-26-27-28-29(21)16-17-6-5-12-23-14-17/h1-2,5-8,12,14-15,24-25H,3-4,9-11,13,16H2. The van der Waals surface area contributed by atoms with Gasteiger partial charge in [-0.15, -0.1) is 5.10 Å². The Hall–Kier alpha value is -3.06. The molecule has 0 aliphatic heterocycles. The van der Waals surface area contributed by atoms with Gasteiger partial charge in [0.25, 0.3) is 0 Å². The van der Waals surface area contributed by atoms with Crippen molar-refractivity contribution >= 4 is 10.9 Å². The molecule has 7 heteroatoms. The lowest BCUT2D eigenvalue weighted by Crippen LogP contribution is -2.43. The van der Waals surface area contributed by atoms with Gasteiger partial charge < -0.3 is 10.3 Å². The van der Waals surface area contributed by atoms with Crippen LogP contribution in [0.3, 0.4) is 0 Å². The maximum atomic E-state index is 4.44. The summed E-state index contributed by atoms with van der Waals surface area (Å²) in [5.74, 6) is 0.942. The molecular weight excluding hydrogens is 362 g/mol. The molecule has 3 heterocycles. The first-order valence-corrected chi connectivity index (χ1v) is 10.3. The zero-order valence-electron chi connectivity index (χ0n) is 16.4. The van der Waals surface area contributed by atoms with Gasteiger partial charge in [-0.3, -0.25) is 4.98 Å². The Labute approximate surface area is 169 Å². The van der Waals surface area contributed by atoms with Crippen LogP contribution in [0.1, 0.15) is 42.6 Å². The van der Waals surface area contributed by atoms with Gasteiger partial charge in [-0.05, 0) is 52.9 Å². The highest BCUT2D eigenvalue weighted by Crippen LogP contribution is 2.37. The predicted molar refractivity (Wildman–Crippen MR) is 111 cm³/mol. The molecule has 0 spiro atoms. The number of fused-ring (bicyclic) bond motifs is 1. The largest absolute Gasteiger partial charge is 0.361 e. The Morgan fingerprint density at radius 2 is 2.00 bits per heavy atom. The van der Waals surface area contributed by atoms with Crippen LogP contribution >= 0.6 is 0 Å². The molecule has 1 saturated carbocycles. The molecule has 1 aromatic carbocycles. The first-order valence-electron chi connectivity index (χ1n) is 10.3. The molecule has 1 aliphatic carbocycles. The van der Waals surface area contributed by atoms with E-state index in [2.05, 4.69) is 67.3 Å².